The molecule has 0 atom stereocenters. The van der Waals surface area contributed by atoms with Gasteiger partial charge in [-0.25, -0.2) is 4.79 Å². The van der Waals surface area contributed by atoms with E-state index in [0.29, 0.717) is 97.8 Å². The number of nitrogens with zero attached hydrogens (tertiary/aromatic N) is 2. The van der Waals surface area contributed by atoms with E-state index in [-0.39, 0.29) is 12.5 Å². The molecule has 4 aliphatic rings. The highest BCUT2D eigenvalue weighted by atomic mass is 35.5. The normalized spacial score (nSPS) is 16.9. The van der Waals surface area contributed by atoms with Crippen LogP contribution in [0.4, 0.5) is 11.4 Å². The molecule has 1 amide bonds. The molecule has 0 unspecified atom stereocenters. The third kappa shape index (κ3) is 7.25. The lowest BCUT2D eigenvalue weighted by Gasteiger charge is -2.42. The first-order chi connectivity index (χ1) is 25.7. The summed E-state index contributed by atoms with van der Waals surface area (Å²) in [5.41, 5.74) is 2.32. The molecular formula is C39H42ClN3O10. The van der Waals surface area contributed by atoms with Gasteiger partial charge >= 0.3 is 17.9 Å². The van der Waals surface area contributed by atoms with E-state index in [1.165, 1.54) is 0 Å². The van der Waals surface area contributed by atoms with Crippen LogP contribution in [-0.2, 0) is 29.4 Å². The average molecular weight is 748 g/mol. The van der Waals surface area contributed by atoms with Crippen LogP contribution in [0.3, 0.4) is 0 Å². The summed E-state index contributed by atoms with van der Waals surface area (Å²) in [7, 11) is 0. The predicted octanol–water partition coefficient (Wildman–Crippen LogP) is 4.86. The van der Waals surface area contributed by atoms with Gasteiger partial charge in [0, 0.05) is 91.0 Å². The van der Waals surface area contributed by atoms with Gasteiger partial charge in [-0.2, -0.15) is 0 Å². The summed E-state index contributed by atoms with van der Waals surface area (Å²) < 4.78 is 24.1. The molecule has 1 spiro atoms. The number of carboxylic acids is 2. The van der Waals surface area contributed by atoms with E-state index in [9.17, 15) is 29.4 Å². The number of esters is 1. The van der Waals surface area contributed by atoms with Crippen molar-refractivity contribution in [2.24, 2.45) is 11.8 Å². The zero-order valence-electron chi connectivity index (χ0n) is 29.2. The quantitative estimate of drug-likeness (QED) is 0.0978. The number of amides is 1. The van der Waals surface area contributed by atoms with E-state index >= 15 is 0 Å². The molecule has 13 nitrogen and oxygen atoms in total. The van der Waals surface area contributed by atoms with E-state index in [4.69, 9.17) is 30.5 Å². The first-order valence-electron chi connectivity index (χ1n) is 18.0. The summed E-state index contributed by atoms with van der Waals surface area (Å²) in [6.07, 6.45) is 4.19. The van der Waals surface area contributed by atoms with Gasteiger partial charge in [0.15, 0.2) is 5.60 Å². The van der Waals surface area contributed by atoms with Crippen molar-refractivity contribution in [3.63, 3.8) is 0 Å². The molecule has 3 N–H and O–H groups in total. The van der Waals surface area contributed by atoms with Gasteiger partial charge < -0.3 is 44.3 Å². The first kappa shape index (κ1) is 36.5. The Hall–Kier alpha value is -4.85. The Balaban J connectivity index is 1.10. The molecule has 0 radical (unpaired) electrons. The number of halogens is 1. The number of hydrogen-bond donors (Lipinski definition) is 3. The Bertz CT molecular complexity index is 1810. The maximum atomic E-state index is 13.6. The van der Waals surface area contributed by atoms with Crippen molar-refractivity contribution in [1.29, 1.82) is 0 Å². The van der Waals surface area contributed by atoms with Crippen molar-refractivity contribution in [3.8, 4) is 11.5 Å². The number of carbonyl (C=O) groups excluding carboxylic acids is 2. The largest absolute Gasteiger partial charge is 0.481 e. The molecule has 7 rings (SSSR count). The van der Waals surface area contributed by atoms with E-state index < -0.39 is 35.3 Å². The number of nitrogens with one attached hydrogen (secondary N) is 1. The molecule has 53 heavy (non-hydrogen) atoms. The zero-order chi connectivity index (χ0) is 37.1. The van der Waals surface area contributed by atoms with Crippen LogP contribution >= 0.6 is 11.6 Å². The third-order valence-corrected chi connectivity index (χ3v) is 10.6. The summed E-state index contributed by atoms with van der Waals surface area (Å²) in [5.74, 6) is -2.00. The standard InChI is InChI=1S/C39H42ClN3O10/c40-11-3-1-2-4-13-50-15-16-51-14-12-41-35(44)24-5-8-29-32(17-24)39(53-38(29)49)30-9-6-27(42-20-25(21-42)36(45)46)18-33(30)52-34-19-28(7-10-31(34)39)43-22-26(23-43)37(47)48/h5-10,17-19,25-26H,1-4,11-16,20-23H2,(H,41,44)(H,45,46)(H,47,48). The van der Waals surface area contributed by atoms with Crippen LogP contribution in [0.25, 0.3) is 0 Å². The molecule has 0 saturated carbocycles. The molecule has 3 aromatic rings. The molecule has 4 heterocycles. The molecule has 3 aromatic carbocycles. The third-order valence-electron chi connectivity index (χ3n) is 10.3. The van der Waals surface area contributed by atoms with Gasteiger partial charge in [-0.15, -0.1) is 11.6 Å². The number of carbonyl (C=O) groups is 4. The average Bonchev–Trinajstić information content (AvgIpc) is 3.38. The topological polar surface area (TPSA) is 164 Å². The number of benzene rings is 3. The summed E-state index contributed by atoms with van der Waals surface area (Å²) in [4.78, 5) is 53.8. The van der Waals surface area contributed by atoms with E-state index in [0.717, 1.165) is 37.1 Å². The fraction of sp³-hybridized carbons (Fsp3) is 0.436. The Morgan fingerprint density at radius 3 is 1.92 bits per heavy atom. The number of anilines is 2. The van der Waals surface area contributed by atoms with Gasteiger partial charge in [0.05, 0.1) is 37.2 Å². The predicted molar refractivity (Wildman–Crippen MR) is 195 cm³/mol. The SMILES string of the molecule is O=C(NCCOCCOCCCCCCCl)c1ccc2c(c1)C1(OC2=O)c2ccc(N3CC(C(=O)O)C3)cc2Oc2cc(N3CC(C(=O)O)C3)ccc21. The Labute approximate surface area is 311 Å². The Morgan fingerprint density at radius 1 is 0.755 bits per heavy atom. The Morgan fingerprint density at radius 2 is 1.34 bits per heavy atom. The van der Waals surface area contributed by atoms with Crippen LogP contribution in [0.15, 0.2) is 54.6 Å². The molecular weight excluding hydrogens is 706 g/mol. The zero-order valence-corrected chi connectivity index (χ0v) is 29.9. The summed E-state index contributed by atoms with van der Waals surface area (Å²) in [5, 5.41) is 21.7. The molecule has 0 aromatic heterocycles. The second kappa shape index (κ2) is 15.6. The van der Waals surface area contributed by atoms with Crippen LogP contribution in [0.5, 0.6) is 11.5 Å². The van der Waals surface area contributed by atoms with E-state index in [1.54, 1.807) is 18.2 Å². The number of unbranched alkanes of at least 4 members (excludes halogenated alkanes) is 3. The van der Waals surface area contributed by atoms with E-state index in [2.05, 4.69) is 5.32 Å². The first-order valence-corrected chi connectivity index (χ1v) is 18.5. The fourth-order valence-corrected chi connectivity index (χ4v) is 7.43. The van der Waals surface area contributed by atoms with Crippen LogP contribution in [0.1, 0.15) is 63.1 Å². The van der Waals surface area contributed by atoms with Gasteiger partial charge in [-0.1, -0.05) is 12.8 Å². The number of rotatable bonds is 17. The molecule has 0 bridgehead atoms. The lowest BCUT2D eigenvalue weighted by atomic mass is 9.77. The van der Waals surface area contributed by atoms with Crippen molar-refractivity contribution in [1.82, 2.24) is 5.32 Å². The van der Waals surface area contributed by atoms with Crippen LogP contribution in [-0.4, -0.2) is 99.1 Å². The summed E-state index contributed by atoms with van der Waals surface area (Å²) in [6.45, 7) is 3.55. The molecule has 14 heteroatoms. The number of hydrogen-bond acceptors (Lipinski definition) is 10. The number of alkyl halides is 1. The highest BCUT2D eigenvalue weighted by Gasteiger charge is 2.54. The number of carboxylic acid groups (broad SMARTS) is 2. The van der Waals surface area contributed by atoms with Crippen molar-refractivity contribution in [2.45, 2.75) is 31.3 Å². The lowest BCUT2D eigenvalue weighted by molar-refractivity contribution is -0.143. The highest BCUT2D eigenvalue weighted by Crippen LogP contribution is 2.57. The minimum Gasteiger partial charge on any atom is -0.481 e. The molecule has 2 fully saturated rings. The minimum atomic E-state index is -1.45. The van der Waals surface area contributed by atoms with Crippen LogP contribution in [0, 0.1) is 11.8 Å². The second-order valence-corrected chi connectivity index (χ2v) is 14.1. The van der Waals surface area contributed by atoms with Gasteiger partial charge in [0.25, 0.3) is 5.91 Å². The number of aliphatic carboxylic acids is 2. The number of fused-ring (bicyclic) bond motifs is 6. The fourth-order valence-electron chi connectivity index (χ4n) is 7.24. The molecule has 2 saturated heterocycles. The molecule has 0 aliphatic carbocycles. The molecule has 280 valence electrons. The van der Waals surface area contributed by atoms with Crippen LogP contribution < -0.4 is 19.9 Å². The van der Waals surface area contributed by atoms with Crippen LogP contribution in [0.2, 0.25) is 0 Å². The van der Waals surface area contributed by atoms with Crippen molar-refractivity contribution in [2.75, 3.05) is 74.8 Å². The smallest absolute Gasteiger partial charge is 0.340 e. The summed E-state index contributed by atoms with van der Waals surface area (Å²) in [6, 6.07) is 15.8. The van der Waals surface area contributed by atoms with E-state index in [1.807, 2.05) is 46.2 Å². The van der Waals surface area contributed by atoms with Gasteiger partial charge in [0.2, 0.25) is 0 Å². The maximum absolute atomic E-state index is 13.6. The summed E-state index contributed by atoms with van der Waals surface area (Å²) >= 11 is 5.70. The monoisotopic (exact) mass is 747 g/mol. The lowest BCUT2D eigenvalue weighted by Crippen LogP contribution is -2.50. The van der Waals surface area contributed by atoms with Crippen molar-refractivity contribution < 1.29 is 48.3 Å². The van der Waals surface area contributed by atoms with Gasteiger partial charge in [-0.3, -0.25) is 14.4 Å². The van der Waals surface area contributed by atoms with Gasteiger partial charge in [0.1, 0.15) is 11.5 Å². The second-order valence-electron chi connectivity index (χ2n) is 13.8. The maximum Gasteiger partial charge on any atom is 0.340 e. The Kier molecular flexibility index (Phi) is 10.8. The molecule has 4 aliphatic heterocycles. The minimum absolute atomic E-state index is 0.276. The van der Waals surface area contributed by atoms with Crippen molar-refractivity contribution >= 4 is 46.8 Å². The number of ether oxygens (including phenoxy) is 4. The van der Waals surface area contributed by atoms with Gasteiger partial charge in [-0.05, 0) is 55.3 Å². The highest BCUT2D eigenvalue weighted by molar-refractivity contribution is 6.17. The van der Waals surface area contributed by atoms with Crippen molar-refractivity contribution in [3.05, 3.63) is 82.4 Å².